The maximum Gasteiger partial charge on any atom is 0.229 e. The zero-order valence-electron chi connectivity index (χ0n) is 10.9. The second-order valence-corrected chi connectivity index (χ2v) is 5.67. The number of hydrogen-bond acceptors (Lipinski definition) is 1. The highest BCUT2D eigenvalue weighted by atomic mass is 16.2. The van der Waals surface area contributed by atoms with Crippen molar-refractivity contribution in [3.05, 3.63) is 0 Å². The zero-order chi connectivity index (χ0) is 12.3. The Bertz CT molecular complexity index is 318. The van der Waals surface area contributed by atoms with Crippen LogP contribution in [0.1, 0.15) is 51.9 Å². The summed E-state index contributed by atoms with van der Waals surface area (Å²) < 4.78 is 0. The fourth-order valence-electron chi connectivity index (χ4n) is 3.05. The van der Waals surface area contributed by atoms with Crippen LogP contribution in [0.2, 0.25) is 0 Å². The molecule has 2 aliphatic rings. The van der Waals surface area contributed by atoms with Crippen molar-refractivity contribution >= 4 is 5.91 Å². The monoisotopic (exact) mass is 233 g/mol. The summed E-state index contributed by atoms with van der Waals surface area (Å²) in [6.45, 7) is 3.54. The van der Waals surface area contributed by atoms with Gasteiger partial charge < -0.3 is 4.90 Å². The summed E-state index contributed by atoms with van der Waals surface area (Å²) in [6, 6.07) is 0. The molecule has 0 radical (unpaired) electrons. The molecule has 0 saturated heterocycles. The van der Waals surface area contributed by atoms with Gasteiger partial charge >= 0.3 is 0 Å². The third-order valence-electron chi connectivity index (χ3n) is 4.44. The van der Waals surface area contributed by atoms with E-state index in [1.54, 1.807) is 0 Å². The van der Waals surface area contributed by atoms with Crippen LogP contribution in [-0.2, 0) is 4.79 Å². The summed E-state index contributed by atoms with van der Waals surface area (Å²) >= 11 is 0. The van der Waals surface area contributed by atoms with E-state index < -0.39 is 0 Å². The third kappa shape index (κ3) is 2.65. The topological polar surface area (TPSA) is 20.3 Å². The Morgan fingerprint density at radius 2 is 2.06 bits per heavy atom. The molecule has 0 heterocycles. The first kappa shape index (κ1) is 12.5. The minimum absolute atomic E-state index is 0.0776. The van der Waals surface area contributed by atoms with E-state index in [0.717, 1.165) is 31.7 Å². The van der Waals surface area contributed by atoms with Gasteiger partial charge in [-0.05, 0) is 38.0 Å². The number of nitrogens with zero attached hydrogens (tertiary/aromatic N) is 1. The predicted octanol–water partition coefficient (Wildman–Crippen LogP) is 2.83. The average Bonchev–Trinajstić information content (AvgIpc) is 3.02. The number of terminal acetylenes is 1. The lowest BCUT2D eigenvalue weighted by Gasteiger charge is -2.33. The summed E-state index contributed by atoms with van der Waals surface area (Å²) in [4.78, 5) is 14.6. The smallest absolute Gasteiger partial charge is 0.229 e. The molecule has 17 heavy (non-hydrogen) atoms. The quantitative estimate of drug-likeness (QED) is 0.669. The SMILES string of the molecule is C#CCN(CC1CC1)C(=O)C1(CC)CCCC1. The molecule has 0 bridgehead atoms. The van der Waals surface area contributed by atoms with E-state index in [1.165, 1.54) is 25.7 Å². The maximum atomic E-state index is 12.7. The van der Waals surface area contributed by atoms with Gasteiger partial charge in [0.25, 0.3) is 0 Å². The number of hydrogen-bond donors (Lipinski definition) is 0. The first-order valence-electron chi connectivity index (χ1n) is 6.94. The van der Waals surface area contributed by atoms with Crippen molar-refractivity contribution in [1.82, 2.24) is 4.90 Å². The van der Waals surface area contributed by atoms with E-state index in [0.29, 0.717) is 12.5 Å². The highest BCUT2D eigenvalue weighted by Gasteiger charge is 2.42. The number of carbonyl (C=O) groups excluding carboxylic acids is 1. The summed E-state index contributed by atoms with van der Waals surface area (Å²) in [5, 5.41) is 0. The molecule has 0 aromatic heterocycles. The van der Waals surface area contributed by atoms with Crippen molar-refractivity contribution in [3.8, 4) is 12.3 Å². The lowest BCUT2D eigenvalue weighted by atomic mass is 9.82. The van der Waals surface area contributed by atoms with Gasteiger partial charge in [-0.25, -0.2) is 0 Å². The van der Waals surface area contributed by atoms with Gasteiger partial charge in [-0.1, -0.05) is 25.7 Å². The molecule has 0 unspecified atom stereocenters. The number of amides is 1. The van der Waals surface area contributed by atoms with E-state index in [1.807, 2.05) is 4.90 Å². The highest BCUT2D eigenvalue weighted by molar-refractivity contribution is 5.83. The van der Waals surface area contributed by atoms with Crippen molar-refractivity contribution < 1.29 is 4.79 Å². The Morgan fingerprint density at radius 3 is 2.53 bits per heavy atom. The van der Waals surface area contributed by atoms with E-state index >= 15 is 0 Å². The molecular formula is C15H23NO. The molecule has 2 nitrogen and oxygen atoms in total. The first-order valence-corrected chi connectivity index (χ1v) is 6.94. The molecule has 2 aliphatic carbocycles. The molecule has 0 aliphatic heterocycles. The maximum absolute atomic E-state index is 12.7. The molecule has 94 valence electrons. The van der Waals surface area contributed by atoms with Crippen molar-refractivity contribution in [1.29, 1.82) is 0 Å². The standard InChI is InChI=1S/C15H23NO/c1-3-11-16(12-13-7-8-13)14(17)15(4-2)9-5-6-10-15/h1,13H,4-12H2,2H3. The van der Waals surface area contributed by atoms with E-state index in [2.05, 4.69) is 12.8 Å². The van der Waals surface area contributed by atoms with Crippen LogP contribution >= 0.6 is 0 Å². The Morgan fingerprint density at radius 1 is 1.41 bits per heavy atom. The molecular weight excluding hydrogens is 210 g/mol. The van der Waals surface area contributed by atoms with Gasteiger partial charge in [0.05, 0.1) is 6.54 Å². The van der Waals surface area contributed by atoms with E-state index in [4.69, 9.17) is 6.42 Å². The van der Waals surface area contributed by atoms with Crippen molar-refractivity contribution in [3.63, 3.8) is 0 Å². The zero-order valence-corrected chi connectivity index (χ0v) is 10.9. The molecule has 0 N–H and O–H groups in total. The Labute approximate surface area is 105 Å². The van der Waals surface area contributed by atoms with E-state index in [9.17, 15) is 4.79 Å². The average molecular weight is 233 g/mol. The summed E-state index contributed by atoms with van der Waals surface area (Å²) in [5.41, 5.74) is -0.0776. The molecule has 2 rings (SSSR count). The van der Waals surface area contributed by atoms with Crippen LogP contribution in [0.4, 0.5) is 0 Å². The molecule has 2 fully saturated rings. The van der Waals surface area contributed by atoms with Crippen LogP contribution < -0.4 is 0 Å². The van der Waals surface area contributed by atoms with Crippen LogP contribution in [0.5, 0.6) is 0 Å². The minimum Gasteiger partial charge on any atom is -0.331 e. The van der Waals surface area contributed by atoms with Gasteiger partial charge in [0.1, 0.15) is 0 Å². The number of rotatable bonds is 5. The van der Waals surface area contributed by atoms with Gasteiger partial charge in [-0.15, -0.1) is 6.42 Å². The Balaban J connectivity index is 2.05. The van der Waals surface area contributed by atoms with Crippen molar-refractivity contribution in [2.45, 2.75) is 51.9 Å². The fraction of sp³-hybridized carbons (Fsp3) is 0.800. The Kier molecular flexibility index (Phi) is 3.76. The Hall–Kier alpha value is -0.970. The van der Waals surface area contributed by atoms with Gasteiger partial charge in [-0.3, -0.25) is 4.79 Å². The van der Waals surface area contributed by atoms with Crippen molar-refractivity contribution in [2.75, 3.05) is 13.1 Å². The molecule has 0 aromatic carbocycles. The predicted molar refractivity (Wildman–Crippen MR) is 69.3 cm³/mol. The van der Waals surface area contributed by atoms with Crippen LogP contribution in [0.25, 0.3) is 0 Å². The summed E-state index contributed by atoms with van der Waals surface area (Å²) in [5.74, 6) is 3.71. The molecule has 2 saturated carbocycles. The summed E-state index contributed by atoms with van der Waals surface area (Å²) in [6.07, 6.45) is 13.4. The largest absolute Gasteiger partial charge is 0.331 e. The molecule has 2 heteroatoms. The lowest BCUT2D eigenvalue weighted by Crippen LogP contribution is -2.43. The molecule has 0 spiro atoms. The van der Waals surface area contributed by atoms with Crippen LogP contribution in [0, 0.1) is 23.7 Å². The normalized spacial score (nSPS) is 22.1. The van der Waals surface area contributed by atoms with Crippen LogP contribution in [0.3, 0.4) is 0 Å². The second kappa shape index (κ2) is 5.12. The molecule has 1 amide bonds. The minimum atomic E-state index is -0.0776. The second-order valence-electron chi connectivity index (χ2n) is 5.67. The van der Waals surface area contributed by atoms with Crippen LogP contribution in [0.15, 0.2) is 0 Å². The molecule has 0 aromatic rings. The highest BCUT2D eigenvalue weighted by Crippen LogP contribution is 2.43. The van der Waals surface area contributed by atoms with Crippen LogP contribution in [-0.4, -0.2) is 23.9 Å². The van der Waals surface area contributed by atoms with E-state index in [-0.39, 0.29) is 5.41 Å². The van der Waals surface area contributed by atoms with Gasteiger partial charge in [0.15, 0.2) is 0 Å². The van der Waals surface area contributed by atoms with Gasteiger partial charge in [0.2, 0.25) is 5.91 Å². The fourth-order valence-corrected chi connectivity index (χ4v) is 3.05. The third-order valence-corrected chi connectivity index (χ3v) is 4.44. The van der Waals surface area contributed by atoms with Gasteiger partial charge in [0, 0.05) is 12.0 Å². The van der Waals surface area contributed by atoms with Crippen molar-refractivity contribution in [2.24, 2.45) is 11.3 Å². The molecule has 0 atom stereocenters. The summed E-state index contributed by atoms with van der Waals surface area (Å²) in [7, 11) is 0. The lowest BCUT2D eigenvalue weighted by molar-refractivity contribution is -0.141. The van der Waals surface area contributed by atoms with Gasteiger partial charge in [-0.2, -0.15) is 0 Å². The number of carbonyl (C=O) groups is 1. The first-order chi connectivity index (χ1) is 8.22.